The SMILES string of the molecule is CCCCCCCC1CC(=O)N[C@@H](CO)C(=O)OC(CCCCC)CC(=O)N[C@@H](CO)C(=O)O1. The van der Waals surface area contributed by atoms with E-state index in [9.17, 15) is 29.4 Å². The van der Waals surface area contributed by atoms with Gasteiger partial charge in [-0.2, -0.15) is 0 Å². The molecule has 10 heteroatoms. The number of cyclic esters (lactones) is 2. The van der Waals surface area contributed by atoms with E-state index in [0.717, 1.165) is 44.9 Å². The molecule has 0 spiro atoms. The summed E-state index contributed by atoms with van der Waals surface area (Å²) in [5.74, 6) is -2.78. The monoisotopic (exact) mass is 486 g/mol. The lowest BCUT2D eigenvalue weighted by molar-refractivity contribution is -0.160. The number of hydrogen-bond acceptors (Lipinski definition) is 8. The van der Waals surface area contributed by atoms with Crippen LogP contribution in [0.4, 0.5) is 0 Å². The number of aliphatic hydroxyl groups is 2. The summed E-state index contributed by atoms with van der Waals surface area (Å²) in [6.45, 7) is 2.79. The molecule has 0 aromatic heterocycles. The highest BCUT2D eigenvalue weighted by molar-refractivity contribution is 5.87. The summed E-state index contributed by atoms with van der Waals surface area (Å²) < 4.78 is 10.9. The van der Waals surface area contributed by atoms with Gasteiger partial charge in [0.15, 0.2) is 12.1 Å². The van der Waals surface area contributed by atoms with Gasteiger partial charge in [0.2, 0.25) is 11.8 Å². The van der Waals surface area contributed by atoms with E-state index in [-0.39, 0.29) is 12.8 Å². The third-order valence-electron chi connectivity index (χ3n) is 5.76. The summed E-state index contributed by atoms with van der Waals surface area (Å²) in [6.07, 6.45) is 6.17. The van der Waals surface area contributed by atoms with Gasteiger partial charge in [-0.3, -0.25) is 9.59 Å². The zero-order valence-corrected chi connectivity index (χ0v) is 20.6. The number of ether oxygens (including phenoxy) is 2. The Morgan fingerprint density at radius 3 is 1.47 bits per heavy atom. The molecule has 0 bridgehead atoms. The van der Waals surface area contributed by atoms with Crippen LogP contribution in [0.2, 0.25) is 0 Å². The molecule has 1 saturated heterocycles. The number of carbonyl (C=O) groups excluding carboxylic acids is 4. The lowest BCUT2D eigenvalue weighted by Gasteiger charge is -2.25. The van der Waals surface area contributed by atoms with E-state index in [4.69, 9.17) is 9.47 Å². The molecule has 1 fully saturated rings. The molecule has 1 aliphatic heterocycles. The van der Waals surface area contributed by atoms with E-state index in [1.165, 1.54) is 0 Å². The first-order chi connectivity index (χ1) is 16.3. The lowest BCUT2D eigenvalue weighted by atomic mass is 10.0. The van der Waals surface area contributed by atoms with Crippen molar-refractivity contribution >= 4 is 23.8 Å². The molecule has 2 unspecified atom stereocenters. The van der Waals surface area contributed by atoms with Gasteiger partial charge in [0.1, 0.15) is 12.2 Å². The van der Waals surface area contributed by atoms with Gasteiger partial charge in [-0.25, -0.2) is 9.59 Å². The Hall–Kier alpha value is -2.20. The van der Waals surface area contributed by atoms with Crippen molar-refractivity contribution in [1.82, 2.24) is 10.6 Å². The van der Waals surface area contributed by atoms with Gasteiger partial charge in [0, 0.05) is 0 Å². The fourth-order valence-electron chi connectivity index (χ4n) is 3.77. The number of hydrogen-bond donors (Lipinski definition) is 4. The zero-order chi connectivity index (χ0) is 25.3. The highest BCUT2D eigenvalue weighted by atomic mass is 16.6. The molecule has 1 rings (SSSR count). The van der Waals surface area contributed by atoms with E-state index >= 15 is 0 Å². The Kier molecular flexibility index (Phi) is 15.1. The first kappa shape index (κ1) is 29.8. The van der Waals surface area contributed by atoms with Crippen LogP contribution in [0.1, 0.15) is 90.9 Å². The molecule has 34 heavy (non-hydrogen) atoms. The first-order valence-corrected chi connectivity index (χ1v) is 12.6. The second-order valence-corrected chi connectivity index (χ2v) is 8.83. The van der Waals surface area contributed by atoms with Crippen LogP contribution in [0.15, 0.2) is 0 Å². The summed E-state index contributed by atoms with van der Waals surface area (Å²) in [4.78, 5) is 50.3. The molecular formula is C24H42N2O8. The Morgan fingerprint density at radius 2 is 1.06 bits per heavy atom. The first-order valence-electron chi connectivity index (χ1n) is 12.6. The van der Waals surface area contributed by atoms with Crippen LogP contribution in [0.5, 0.6) is 0 Å². The number of amides is 2. The average molecular weight is 487 g/mol. The van der Waals surface area contributed by atoms with Gasteiger partial charge in [-0.15, -0.1) is 0 Å². The summed E-state index contributed by atoms with van der Waals surface area (Å²) >= 11 is 0. The van der Waals surface area contributed by atoms with Crippen molar-refractivity contribution in [2.24, 2.45) is 0 Å². The van der Waals surface area contributed by atoms with E-state index in [1.807, 2.05) is 6.92 Å². The normalized spacial score (nSPS) is 25.1. The smallest absolute Gasteiger partial charge is 0.331 e. The average Bonchev–Trinajstić information content (AvgIpc) is 2.80. The fourth-order valence-corrected chi connectivity index (χ4v) is 3.77. The highest BCUT2D eigenvalue weighted by Crippen LogP contribution is 2.16. The minimum atomic E-state index is -1.28. The summed E-state index contributed by atoms with van der Waals surface area (Å²) in [5, 5.41) is 24.2. The van der Waals surface area contributed by atoms with Crippen molar-refractivity contribution in [2.75, 3.05) is 13.2 Å². The van der Waals surface area contributed by atoms with Gasteiger partial charge in [-0.05, 0) is 25.7 Å². The van der Waals surface area contributed by atoms with Gasteiger partial charge < -0.3 is 30.3 Å². The molecule has 0 aromatic carbocycles. The third-order valence-corrected chi connectivity index (χ3v) is 5.76. The van der Waals surface area contributed by atoms with E-state index in [2.05, 4.69) is 17.6 Å². The van der Waals surface area contributed by atoms with Crippen LogP contribution >= 0.6 is 0 Å². The lowest BCUT2D eigenvalue weighted by Crippen LogP contribution is -2.49. The molecule has 4 N–H and O–H groups in total. The summed E-state index contributed by atoms with van der Waals surface area (Å²) in [5.41, 5.74) is 0. The minimum absolute atomic E-state index is 0.213. The van der Waals surface area contributed by atoms with Gasteiger partial charge in [0.25, 0.3) is 0 Å². The molecule has 0 radical (unpaired) electrons. The van der Waals surface area contributed by atoms with Crippen molar-refractivity contribution in [3.05, 3.63) is 0 Å². The molecule has 1 aliphatic rings. The van der Waals surface area contributed by atoms with E-state index < -0.39 is 61.3 Å². The van der Waals surface area contributed by atoms with Crippen LogP contribution in [0, 0.1) is 0 Å². The molecule has 2 amide bonds. The fraction of sp³-hybridized carbons (Fsp3) is 0.833. The molecule has 4 atom stereocenters. The summed E-state index contributed by atoms with van der Waals surface area (Å²) in [7, 11) is 0. The summed E-state index contributed by atoms with van der Waals surface area (Å²) in [6, 6.07) is -2.56. The Balaban J connectivity index is 2.99. The van der Waals surface area contributed by atoms with Crippen molar-refractivity contribution in [3.63, 3.8) is 0 Å². The van der Waals surface area contributed by atoms with Crippen molar-refractivity contribution in [3.8, 4) is 0 Å². The Bertz CT molecular complexity index is 642. The second kappa shape index (κ2) is 17.3. The van der Waals surface area contributed by atoms with E-state index in [1.54, 1.807) is 0 Å². The molecular weight excluding hydrogens is 444 g/mol. The second-order valence-electron chi connectivity index (χ2n) is 8.83. The van der Waals surface area contributed by atoms with Crippen molar-refractivity contribution < 1.29 is 38.9 Å². The Labute approximate surface area is 202 Å². The van der Waals surface area contributed by atoms with Crippen LogP contribution < -0.4 is 10.6 Å². The van der Waals surface area contributed by atoms with Crippen LogP contribution in [0.25, 0.3) is 0 Å². The topological polar surface area (TPSA) is 151 Å². The number of aliphatic hydroxyl groups excluding tert-OH is 2. The maximum atomic E-state index is 12.6. The standard InChI is InChI=1S/C24H42N2O8/c1-3-5-7-8-10-12-18-14-22(30)26-19(15-27)23(31)33-17(11-9-6-4-2)13-21(29)25-20(16-28)24(32)34-18/h17-20,27-28H,3-16H2,1-2H3,(H,25,29)(H,26,30)/t17?,18?,19-,20-/m0/s1. The van der Waals surface area contributed by atoms with Gasteiger partial charge in [0.05, 0.1) is 26.1 Å². The van der Waals surface area contributed by atoms with E-state index in [0.29, 0.717) is 19.3 Å². The van der Waals surface area contributed by atoms with Gasteiger partial charge >= 0.3 is 11.9 Å². The van der Waals surface area contributed by atoms with Crippen LogP contribution in [0.3, 0.4) is 0 Å². The van der Waals surface area contributed by atoms with Crippen LogP contribution in [-0.2, 0) is 28.7 Å². The number of carbonyl (C=O) groups is 4. The number of rotatable bonds is 12. The molecule has 0 aliphatic carbocycles. The molecule has 10 nitrogen and oxygen atoms in total. The third kappa shape index (κ3) is 11.8. The predicted octanol–water partition coefficient (Wildman–Crippen LogP) is 1.50. The maximum absolute atomic E-state index is 12.6. The molecule has 0 aromatic rings. The van der Waals surface area contributed by atoms with Gasteiger partial charge in [-0.1, -0.05) is 52.4 Å². The number of unbranched alkanes of at least 4 members (excludes halogenated alkanes) is 6. The largest absolute Gasteiger partial charge is 0.460 e. The number of esters is 2. The Morgan fingerprint density at radius 1 is 0.676 bits per heavy atom. The quantitative estimate of drug-likeness (QED) is 0.239. The number of nitrogens with one attached hydrogen (secondary N) is 2. The zero-order valence-electron chi connectivity index (χ0n) is 20.6. The molecule has 196 valence electrons. The van der Waals surface area contributed by atoms with Crippen LogP contribution in [-0.4, -0.2) is 71.5 Å². The maximum Gasteiger partial charge on any atom is 0.331 e. The highest BCUT2D eigenvalue weighted by Gasteiger charge is 2.31. The van der Waals surface area contributed by atoms with Crippen molar-refractivity contribution in [1.29, 1.82) is 0 Å². The molecule has 0 saturated carbocycles. The van der Waals surface area contributed by atoms with Crippen molar-refractivity contribution in [2.45, 2.75) is 115 Å². The molecule has 1 heterocycles. The predicted molar refractivity (Wildman–Crippen MR) is 125 cm³/mol. The minimum Gasteiger partial charge on any atom is -0.460 e.